The number of sulfonamides is 1. The number of halogens is 4. The number of likely N-dealkylation sites (tertiary alicyclic amines) is 1. The number of nitrogens with one attached hydrogen (secondary N) is 1. The zero-order valence-electron chi connectivity index (χ0n) is 23.4. The van der Waals surface area contributed by atoms with Gasteiger partial charge in [0.15, 0.2) is 0 Å². The van der Waals surface area contributed by atoms with Crippen LogP contribution in [0.15, 0.2) is 30.6 Å². The van der Waals surface area contributed by atoms with E-state index in [1.807, 2.05) is 0 Å². The highest BCUT2D eigenvalue weighted by atomic mass is 32.2. The van der Waals surface area contributed by atoms with Crippen LogP contribution in [0.5, 0.6) is 0 Å². The van der Waals surface area contributed by atoms with Gasteiger partial charge < -0.3 is 15.0 Å². The molecule has 0 saturated carbocycles. The molecule has 15 heteroatoms. The average Bonchev–Trinajstić information content (AvgIpc) is 3.26. The molecule has 42 heavy (non-hydrogen) atoms. The van der Waals surface area contributed by atoms with Gasteiger partial charge in [0.25, 0.3) is 0 Å². The van der Waals surface area contributed by atoms with Gasteiger partial charge >= 0.3 is 6.18 Å². The van der Waals surface area contributed by atoms with E-state index in [9.17, 15) is 26.7 Å². The Morgan fingerprint density at radius 1 is 1.17 bits per heavy atom. The first-order valence-corrected chi connectivity index (χ1v) is 15.5. The first kappa shape index (κ1) is 30.3. The maximum Gasteiger partial charge on any atom is 0.420 e. The first-order valence-electron chi connectivity index (χ1n) is 13.6. The summed E-state index contributed by atoms with van der Waals surface area (Å²) in [4.78, 5) is 14.4. The average molecular weight is 612 g/mol. The van der Waals surface area contributed by atoms with Crippen molar-refractivity contribution in [1.29, 1.82) is 0 Å². The molecular weight excluding hydrogens is 578 g/mol. The third-order valence-corrected chi connectivity index (χ3v) is 8.96. The largest absolute Gasteiger partial charge is 0.420 e. The standard InChI is InChI=1S/C27H33F4N7O3S/c1-16(39)12-36-13-19(14-36)18-4-5-24(22(28)10-18)38-15-23(33-17(38)2)25-21(27(29,30)31)11-32-26(35-25)34-20-6-8-37(9-7-20)42(3,40)41/h4-5,10-11,15-16,19-20,39H,6-9,12-14H2,1-3H3,(H,32,34,35). The highest BCUT2D eigenvalue weighted by Crippen LogP contribution is 2.37. The van der Waals surface area contributed by atoms with E-state index in [1.54, 1.807) is 26.0 Å². The van der Waals surface area contributed by atoms with Crippen LogP contribution >= 0.6 is 0 Å². The fourth-order valence-electron chi connectivity index (χ4n) is 5.48. The van der Waals surface area contributed by atoms with E-state index in [4.69, 9.17) is 0 Å². The molecule has 2 N–H and O–H groups in total. The van der Waals surface area contributed by atoms with Gasteiger partial charge in [0.05, 0.1) is 18.0 Å². The molecule has 0 amide bonds. The summed E-state index contributed by atoms with van der Waals surface area (Å²) >= 11 is 0. The molecule has 2 aliphatic heterocycles. The van der Waals surface area contributed by atoms with E-state index in [1.165, 1.54) is 21.1 Å². The Morgan fingerprint density at radius 3 is 2.45 bits per heavy atom. The number of rotatable bonds is 8. The van der Waals surface area contributed by atoms with Gasteiger partial charge in [-0.1, -0.05) is 6.07 Å². The highest BCUT2D eigenvalue weighted by molar-refractivity contribution is 7.88. The minimum absolute atomic E-state index is 0.0383. The minimum Gasteiger partial charge on any atom is -0.392 e. The summed E-state index contributed by atoms with van der Waals surface area (Å²) < 4.78 is 83.5. The van der Waals surface area contributed by atoms with Crippen LogP contribution in [0.2, 0.25) is 0 Å². The second-order valence-corrected chi connectivity index (χ2v) is 13.0. The Hall–Kier alpha value is -3.14. The number of benzene rings is 1. The maximum absolute atomic E-state index is 15.3. The summed E-state index contributed by atoms with van der Waals surface area (Å²) in [6.45, 7) is 5.80. The molecule has 1 atom stereocenters. The SMILES string of the molecule is Cc1nc(-c2nc(NC3CCN(S(C)(=O)=O)CC3)ncc2C(F)(F)F)cn1-c1ccc(C2CN(CC(C)O)C2)cc1F. The predicted molar refractivity (Wildman–Crippen MR) is 148 cm³/mol. The molecule has 4 heterocycles. The van der Waals surface area contributed by atoms with Crippen LogP contribution in [0, 0.1) is 12.7 Å². The molecule has 0 radical (unpaired) electrons. The second-order valence-electron chi connectivity index (χ2n) is 11.1. The molecule has 2 saturated heterocycles. The smallest absolute Gasteiger partial charge is 0.392 e. The summed E-state index contributed by atoms with van der Waals surface area (Å²) in [6.07, 6.45) is -1.17. The third kappa shape index (κ3) is 6.58. The van der Waals surface area contributed by atoms with Gasteiger partial charge in [-0.15, -0.1) is 0 Å². The number of hydrogen-bond donors (Lipinski definition) is 2. The Bertz CT molecular complexity index is 1550. The molecule has 0 spiro atoms. The van der Waals surface area contributed by atoms with Gasteiger partial charge in [-0.25, -0.2) is 32.1 Å². The van der Waals surface area contributed by atoms with Gasteiger partial charge in [0, 0.05) is 57.1 Å². The van der Waals surface area contributed by atoms with Gasteiger partial charge in [-0.2, -0.15) is 13.2 Å². The fraction of sp³-hybridized carbons (Fsp3) is 0.519. The quantitative estimate of drug-likeness (QED) is 0.373. The number of β-amino-alcohol motifs (C(OH)–C–C–N with tert-alkyl or cyclic N) is 1. The van der Waals surface area contributed by atoms with Crippen molar-refractivity contribution in [2.24, 2.45) is 0 Å². The highest BCUT2D eigenvalue weighted by Gasteiger charge is 2.37. The van der Waals surface area contributed by atoms with E-state index in [-0.39, 0.29) is 48.2 Å². The van der Waals surface area contributed by atoms with E-state index in [0.717, 1.165) is 11.8 Å². The van der Waals surface area contributed by atoms with Crippen LogP contribution in [0.25, 0.3) is 17.1 Å². The van der Waals surface area contributed by atoms with Crippen LogP contribution in [-0.4, -0.2) is 93.4 Å². The fourth-order valence-corrected chi connectivity index (χ4v) is 6.35. The van der Waals surface area contributed by atoms with Crippen LogP contribution in [0.1, 0.15) is 42.6 Å². The Balaban J connectivity index is 1.38. The number of alkyl halides is 3. The number of aliphatic hydroxyl groups is 1. The van der Waals surface area contributed by atoms with Crippen molar-refractivity contribution in [3.8, 4) is 17.1 Å². The number of imidazole rings is 1. The lowest BCUT2D eigenvalue weighted by Gasteiger charge is -2.40. The summed E-state index contributed by atoms with van der Waals surface area (Å²) in [5.41, 5.74) is -0.654. The maximum atomic E-state index is 15.3. The van der Waals surface area contributed by atoms with Crippen LogP contribution in [0.3, 0.4) is 0 Å². The van der Waals surface area contributed by atoms with Crippen molar-refractivity contribution >= 4 is 16.0 Å². The van der Waals surface area contributed by atoms with E-state index < -0.39 is 39.4 Å². The zero-order valence-corrected chi connectivity index (χ0v) is 24.3. The lowest BCUT2D eigenvalue weighted by Crippen LogP contribution is -2.47. The second kappa shape index (κ2) is 11.5. The van der Waals surface area contributed by atoms with Crippen molar-refractivity contribution in [3.05, 3.63) is 53.4 Å². The van der Waals surface area contributed by atoms with Crippen molar-refractivity contribution in [3.63, 3.8) is 0 Å². The molecule has 228 valence electrons. The molecule has 2 aromatic heterocycles. The topological polar surface area (TPSA) is 116 Å². The van der Waals surface area contributed by atoms with Crippen molar-refractivity contribution in [2.75, 3.05) is 44.3 Å². The summed E-state index contributed by atoms with van der Waals surface area (Å²) in [5.74, 6) is -0.164. The number of aryl methyl sites for hydroxylation is 1. The van der Waals surface area contributed by atoms with E-state index in [0.29, 0.717) is 38.7 Å². The van der Waals surface area contributed by atoms with Gasteiger partial charge in [0.2, 0.25) is 16.0 Å². The number of aromatic nitrogens is 4. The molecule has 0 bridgehead atoms. The van der Waals surface area contributed by atoms with Crippen LogP contribution in [-0.2, 0) is 16.2 Å². The number of anilines is 1. The van der Waals surface area contributed by atoms with Gasteiger partial charge in [0.1, 0.15) is 28.6 Å². The Morgan fingerprint density at radius 2 is 1.86 bits per heavy atom. The molecule has 3 aromatic rings. The lowest BCUT2D eigenvalue weighted by molar-refractivity contribution is -0.137. The lowest BCUT2D eigenvalue weighted by atomic mass is 9.91. The monoisotopic (exact) mass is 611 g/mol. The van der Waals surface area contributed by atoms with Crippen LogP contribution < -0.4 is 5.32 Å². The normalized spacial score (nSPS) is 18.7. The van der Waals surface area contributed by atoms with E-state index >= 15 is 4.39 Å². The molecule has 2 aliphatic rings. The zero-order chi connectivity index (χ0) is 30.4. The molecule has 10 nitrogen and oxygen atoms in total. The van der Waals surface area contributed by atoms with Crippen molar-refractivity contribution in [1.82, 2.24) is 28.7 Å². The molecule has 1 unspecified atom stereocenters. The molecular formula is C27H33F4N7O3S. The van der Waals surface area contributed by atoms with Gasteiger partial charge in [-0.3, -0.25) is 4.90 Å². The Kier molecular flexibility index (Phi) is 8.31. The molecule has 1 aromatic carbocycles. The summed E-state index contributed by atoms with van der Waals surface area (Å²) in [6, 6.07) is 4.59. The molecule has 0 aliphatic carbocycles. The first-order chi connectivity index (χ1) is 19.7. The number of piperidine rings is 1. The number of hydrogen-bond acceptors (Lipinski definition) is 8. The third-order valence-electron chi connectivity index (χ3n) is 7.66. The predicted octanol–water partition coefficient (Wildman–Crippen LogP) is 3.41. The minimum atomic E-state index is -4.76. The van der Waals surface area contributed by atoms with Crippen molar-refractivity contribution in [2.45, 2.75) is 50.9 Å². The number of aliphatic hydroxyl groups excluding tert-OH is 1. The van der Waals surface area contributed by atoms with E-state index in [2.05, 4.69) is 25.2 Å². The van der Waals surface area contributed by atoms with Crippen molar-refractivity contribution < 1.29 is 31.1 Å². The summed E-state index contributed by atoms with van der Waals surface area (Å²) in [5, 5.41) is 12.6. The molecule has 5 rings (SSSR count). The molecule has 2 fully saturated rings. The Labute approximate surface area is 241 Å². The summed E-state index contributed by atoms with van der Waals surface area (Å²) in [7, 11) is -3.32. The number of nitrogens with zero attached hydrogens (tertiary/aromatic N) is 6. The van der Waals surface area contributed by atoms with Crippen LogP contribution in [0.4, 0.5) is 23.5 Å². The van der Waals surface area contributed by atoms with Gasteiger partial charge in [-0.05, 0) is 44.4 Å².